The largest absolute Gasteiger partial charge is 0.361 e. The van der Waals surface area contributed by atoms with Crippen LogP contribution in [0.4, 0.5) is 17.1 Å². The van der Waals surface area contributed by atoms with Gasteiger partial charge in [0.1, 0.15) is 0 Å². The summed E-state index contributed by atoms with van der Waals surface area (Å²) in [7, 11) is 0. The fraction of sp³-hybridized carbons (Fsp3) is 0.0833. The molecule has 1 aliphatic rings. The Labute approximate surface area is 138 Å². The van der Waals surface area contributed by atoms with Crippen molar-refractivity contribution in [3.05, 3.63) is 34.6 Å². The molecule has 0 spiro atoms. The summed E-state index contributed by atoms with van der Waals surface area (Å²) in [6.45, 7) is 0. The van der Waals surface area contributed by atoms with Crippen LogP contribution in [0.2, 0.25) is 0 Å². The van der Waals surface area contributed by atoms with Crippen molar-refractivity contribution >= 4 is 46.3 Å². The number of nitrogens with zero attached hydrogens (tertiary/aromatic N) is 4. The number of anilines is 2. The van der Waals surface area contributed by atoms with Gasteiger partial charge < -0.3 is 15.6 Å². The second kappa shape index (κ2) is 6.15. The molecule has 0 fully saturated rings. The second-order valence-electron chi connectivity index (χ2n) is 4.35. The van der Waals surface area contributed by atoms with Crippen LogP contribution in [0, 0.1) is 21.6 Å². The molecule has 3 N–H and O–H groups in total. The first-order valence-electron chi connectivity index (χ1n) is 6.22. The van der Waals surface area contributed by atoms with Crippen LogP contribution in [0.3, 0.4) is 0 Å². The van der Waals surface area contributed by atoms with Gasteiger partial charge in [-0.1, -0.05) is 11.6 Å². The van der Waals surface area contributed by atoms with Crippen molar-refractivity contribution in [2.24, 2.45) is 4.99 Å². The molecule has 23 heavy (non-hydrogen) atoms. The van der Waals surface area contributed by atoms with Crippen LogP contribution >= 0.6 is 23.4 Å². The average Bonchev–Trinajstić information content (AvgIpc) is 3.01. The van der Waals surface area contributed by atoms with Gasteiger partial charge >= 0.3 is 0 Å². The van der Waals surface area contributed by atoms with Crippen molar-refractivity contribution in [1.82, 2.24) is 9.97 Å². The maximum absolute atomic E-state index is 11.3. The molecule has 1 unspecified atom stereocenters. The Hall–Kier alpha value is -2.77. The molecule has 0 saturated heterocycles. The van der Waals surface area contributed by atoms with E-state index in [9.17, 15) is 10.1 Å². The maximum Gasteiger partial charge on any atom is 0.285 e. The van der Waals surface area contributed by atoms with E-state index in [0.717, 1.165) is 11.8 Å². The molecule has 2 heterocycles. The second-order valence-corrected chi connectivity index (χ2v) is 5.82. The SMILES string of the molecule is N#CN=C1Nc2cc(Sc3ncc[nH]3)c([N+](=O)[O-])cc2NC1Cl. The molecule has 1 aromatic carbocycles. The van der Waals surface area contributed by atoms with Crippen LogP contribution in [0.15, 0.2) is 39.6 Å². The zero-order chi connectivity index (χ0) is 16.4. The van der Waals surface area contributed by atoms with Crippen LogP contribution in [-0.2, 0) is 0 Å². The Bertz CT molecular complexity index is 831. The highest BCUT2D eigenvalue weighted by Crippen LogP contribution is 2.40. The normalized spacial score (nSPS) is 17.7. The predicted molar refractivity (Wildman–Crippen MR) is 85.7 cm³/mol. The highest BCUT2D eigenvalue weighted by atomic mass is 35.5. The zero-order valence-corrected chi connectivity index (χ0v) is 12.9. The van der Waals surface area contributed by atoms with Gasteiger partial charge in [-0.2, -0.15) is 10.3 Å². The summed E-state index contributed by atoms with van der Waals surface area (Å²) in [5.41, 5.74) is 0.141. The third kappa shape index (κ3) is 3.05. The third-order valence-corrected chi connectivity index (χ3v) is 4.21. The van der Waals surface area contributed by atoms with Crippen LogP contribution in [0.1, 0.15) is 0 Å². The van der Waals surface area contributed by atoms with Crippen molar-refractivity contribution in [2.75, 3.05) is 10.6 Å². The number of halogens is 1. The number of fused-ring (bicyclic) bond motifs is 1. The average molecular weight is 350 g/mol. The van der Waals surface area contributed by atoms with E-state index in [1.807, 2.05) is 0 Å². The Morgan fingerprint density at radius 2 is 2.30 bits per heavy atom. The topological polar surface area (TPSA) is 132 Å². The van der Waals surface area contributed by atoms with Gasteiger partial charge in [0.25, 0.3) is 5.69 Å². The number of hydrogen-bond acceptors (Lipinski definition) is 7. The van der Waals surface area contributed by atoms with Gasteiger partial charge in [0.05, 0.1) is 21.2 Å². The molecular weight excluding hydrogens is 342 g/mol. The number of aliphatic imine (C=N–C) groups is 1. The van der Waals surface area contributed by atoms with E-state index in [1.54, 1.807) is 24.7 Å². The molecule has 0 radical (unpaired) electrons. The van der Waals surface area contributed by atoms with Crippen molar-refractivity contribution in [1.29, 1.82) is 5.26 Å². The molecule has 1 aliphatic heterocycles. The van der Waals surface area contributed by atoms with Crippen LogP contribution < -0.4 is 10.6 Å². The quantitative estimate of drug-likeness (QED) is 0.255. The minimum atomic E-state index is -0.773. The Balaban J connectivity index is 2.04. The minimum Gasteiger partial charge on any atom is -0.361 e. The Morgan fingerprint density at radius 3 is 2.96 bits per heavy atom. The summed E-state index contributed by atoms with van der Waals surface area (Å²) in [5.74, 6) is 0.226. The van der Waals surface area contributed by atoms with Crippen molar-refractivity contribution < 1.29 is 4.92 Å². The predicted octanol–water partition coefficient (Wildman–Crippen LogP) is 2.75. The van der Waals surface area contributed by atoms with Crippen molar-refractivity contribution in [2.45, 2.75) is 15.6 Å². The first kappa shape index (κ1) is 15.1. The summed E-state index contributed by atoms with van der Waals surface area (Å²) < 4.78 is 0. The molecule has 0 saturated carbocycles. The molecule has 3 rings (SSSR count). The van der Waals surface area contributed by atoms with Crippen LogP contribution in [-0.4, -0.2) is 26.2 Å². The van der Waals surface area contributed by atoms with E-state index in [-0.39, 0.29) is 11.5 Å². The molecule has 2 aromatic rings. The monoisotopic (exact) mass is 349 g/mol. The number of aromatic nitrogens is 2. The number of alkyl halides is 1. The Kier molecular flexibility index (Phi) is 4.05. The summed E-state index contributed by atoms with van der Waals surface area (Å²) in [4.78, 5) is 21.7. The van der Waals surface area contributed by atoms with E-state index in [0.29, 0.717) is 21.4 Å². The van der Waals surface area contributed by atoms with Gasteiger partial charge in [-0.05, 0) is 17.8 Å². The van der Waals surface area contributed by atoms with Gasteiger partial charge in [0, 0.05) is 18.5 Å². The van der Waals surface area contributed by atoms with Crippen LogP contribution in [0.5, 0.6) is 0 Å². The summed E-state index contributed by atoms with van der Waals surface area (Å²) in [5, 5.41) is 26.2. The lowest BCUT2D eigenvalue weighted by Crippen LogP contribution is -2.34. The molecule has 0 bridgehead atoms. The van der Waals surface area contributed by atoms with Gasteiger partial charge in [-0.15, -0.1) is 0 Å². The molecule has 116 valence electrons. The summed E-state index contributed by atoms with van der Waals surface area (Å²) in [6.07, 6.45) is 4.84. The minimum absolute atomic E-state index is 0.0796. The lowest BCUT2D eigenvalue weighted by Gasteiger charge is -2.25. The van der Waals surface area contributed by atoms with Gasteiger partial charge in [0.15, 0.2) is 16.5 Å². The number of hydrogen-bond donors (Lipinski definition) is 3. The third-order valence-electron chi connectivity index (χ3n) is 2.93. The van der Waals surface area contributed by atoms with E-state index in [1.165, 1.54) is 6.07 Å². The molecule has 1 atom stereocenters. The van der Waals surface area contributed by atoms with Crippen molar-refractivity contribution in [3.63, 3.8) is 0 Å². The highest BCUT2D eigenvalue weighted by Gasteiger charge is 2.27. The van der Waals surface area contributed by atoms with Gasteiger partial charge in [-0.25, -0.2) is 4.98 Å². The van der Waals surface area contributed by atoms with Crippen molar-refractivity contribution in [3.8, 4) is 6.19 Å². The fourth-order valence-corrected chi connectivity index (χ4v) is 3.06. The number of benzene rings is 1. The summed E-state index contributed by atoms with van der Waals surface area (Å²) >= 11 is 7.15. The molecule has 0 amide bonds. The molecule has 9 nitrogen and oxygen atoms in total. The number of H-pyrrole nitrogens is 1. The number of nitro benzene ring substituents is 1. The molecule has 1 aromatic heterocycles. The number of nitrogens with one attached hydrogen (secondary N) is 3. The zero-order valence-electron chi connectivity index (χ0n) is 11.3. The molecular formula is C12H8ClN7O2S. The van der Waals surface area contributed by atoms with E-state index >= 15 is 0 Å². The molecule has 0 aliphatic carbocycles. The van der Waals surface area contributed by atoms with Gasteiger partial charge in [-0.3, -0.25) is 10.1 Å². The smallest absolute Gasteiger partial charge is 0.285 e. The van der Waals surface area contributed by atoms with E-state index in [4.69, 9.17) is 16.9 Å². The number of imidazole rings is 1. The lowest BCUT2D eigenvalue weighted by atomic mass is 10.2. The maximum atomic E-state index is 11.3. The number of rotatable bonds is 3. The first-order valence-corrected chi connectivity index (χ1v) is 7.47. The van der Waals surface area contributed by atoms with E-state index < -0.39 is 10.4 Å². The summed E-state index contributed by atoms with van der Waals surface area (Å²) in [6, 6.07) is 2.97. The standard InChI is InChI=1S/C12H8ClN7O2S/c13-10-11(17-5-14)19-7-4-9(23-12-15-1-2-16-12)8(20(21)22)3-6(7)18-10/h1-4,10,18H,(H,15,16)(H,17,19). The number of aromatic amines is 1. The number of nitriles is 1. The fourth-order valence-electron chi connectivity index (χ4n) is 1.97. The van der Waals surface area contributed by atoms with Gasteiger partial charge in [0.2, 0.25) is 6.19 Å². The van der Waals surface area contributed by atoms with E-state index in [2.05, 4.69) is 25.6 Å². The molecule has 11 heteroatoms. The number of amidine groups is 1. The first-order chi connectivity index (χ1) is 11.1. The lowest BCUT2D eigenvalue weighted by molar-refractivity contribution is -0.387. The number of nitro groups is 1. The Morgan fingerprint density at radius 1 is 1.48 bits per heavy atom. The highest BCUT2D eigenvalue weighted by molar-refractivity contribution is 7.99. The van der Waals surface area contributed by atoms with Crippen LogP contribution in [0.25, 0.3) is 0 Å².